The second-order valence-electron chi connectivity index (χ2n) is 8.10. The zero-order chi connectivity index (χ0) is 28.1. The molecule has 0 aliphatic carbocycles. The molecule has 0 atom stereocenters. The fraction of sp³-hybridized carbons (Fsp3) is 0.192. The van der Waals surface area contributed by atoms with E-state index in [-0.39, 0.29) is 17.8 Å². The molecular weight excluding hydrogens is 514 g/mol. The van der Waals surface area contributed by atoms with Crippen molar-refractivity contribution >= 4 is 11.6 Å². The molecule has 0 aliphatic heterocycles. The number of benzene rings is 2. The predicted octanol–water partition coefficient (Wildman–Crippen LogP) is 5.84. The van der Waals surface area contributed by atoms with Gasteiger partial charge in [-0.25, -0.2) is 14.2 Å². The van der Waals surface area contributed by atoms with E-state index in [2.05, 4.69) is 16.9 Å². The number of anilines is 2. The zero-order valence-corrected chi connectivity index (χ0v) is 20.0. The molecule has 3 rings (SSSR count). The minimum absolute atomic E-state index is 0.0366. The van der Waals surface area contributed by atoms with Crippen molar-refractivity contribution in [1.29, 1.82) is 0 Å². The molecule has 0 unspecified atom stereocenters. The van der Waals surface area contributed by atoms with E-state index in [0.29, 0.717) is 5.56 Å². The molecule has 0 radical (unpaired) electrons. The molecule has 1 N–H and O–H groups in total. The summed E-state index contributed by atoms with van der Waals surface area (Å²) in [6.45, 7) is 4.32. The molecule has 0 spiro atoms. The van der Waals surface area contributed by atoms with E-state index in [0.717, 1.165) is 45.6 Å². The average Bonchev–Trinajstić information content (AvgIpc) is 2.84. The maximum atomic E-state index is 13.3. The van der Waals surface area contributed by atoms with Gasteiger partial charge in [0.25, 0.3) is 0 Å². The Balaban J connectivity index is 2.05. The first-order valence-corrected chi connectivity index (χ1v) is 11.1. The minimum atomic E-state index is -4.65. The molecule has 0 fully saturated rings. The summed E-state index contributed by atoms with van der Waals surface area (Å²) in [7, 11) is 0. The third kappa shape index (κ3) is 7.11. The number of allylic oxidation sites excluding steroid dienone is 5. The summed E-state index contributed by atoms with van der Waals surface area (Å²) < 4.78 is 80.3. The molecule has 0 saturated carbocycles. The van der Waals surface area contributed by atoms with Crippen molar-refractivity contribution in [2.24, 2.45) is 0 Å². The molecular formula is C26H22F6N4O2. The number of nitrogens with one attached hydrogen (secondary N) is 1. The van der Waals surface area contributed by atoms with Gasteiger partial charge in [-0.3, -0.25) is 4.57 Å². The van der Waals surface area contributed by atoms with Crippen molar-refractivity contribution in [3.05, 3.63) is 123 Å². The highest BCUT2D eigenvalue weighted by Gasteiger charge is 2.31. The summed E-state index contributed by atoms with van der Waals surface area (Å²) in [5, 5.41) is 2.55. The summed E-state index contributed by atoms with van der Waals surface area (Å²) in [6, 6.07) is 12.5. The highest BCUT2D eigenvalue weighted by atomic mass is 19.4. The quantitative estimate of drug-likeness (QED) is 0.290. The van der Waals surface area contributed by atoms with Gasteiger partial charge in [0.15, 0.2) is 0 Å². The van der Waals surface area contributed by atoms with Crippen LogP contribution in [0.2, 0.25) is 0 Å². The second kappa shape index (κ2) is 11.4. The van der Waals surface area contributed by atoms with Crippen molar-refractivity contribution in [2.75, 3.05) is 5.32 Å². The monoisotopic (exact) mass is 536 g/mol. The SMILES string of the molecule is C=C(/C=C\C(=C/C)C(F)(F)F)Cn1c(Nc2cccc(C(F)(F)F)c2)nc(=O)n(Cc2ccccc2)c1=O. The van der Waals surface area contributed by atoms with E-state index in [1.54, 1.807) is 30.3 Å². The highest BCUT2D eigenvalue weighted by molar-refractivity contribution is 5.55. The number of alkyl halides is 6. The van der Waals surface area contributed by atoms with Crippen molar-refractivity contribution < 1.29 is 26.3 Å². The smallest absolute Gasteiger partial charge is 0.325 e. The summed E-state index contributed by atoms with van der Waals surface area (Å²) in [6.07, 6.45) is -6.57. The van der Waals surface area contributed by atoms with Crippen LogP contribution in [0.15, 0.2) is 100 Å². The van der Waals surface area contributed by atoms with Crippen molar-refractivity contribution in [3.63, 3.8) is 0 Å². The Hall–Kier alpha value is -4.35. The van der Waals surface area contributed by atoms with Gasteiger partial charge in [-0.1, -0.05) is 61.2 Å². The van der Waals surface area contributed by atoms with Crippen LogP contribution in [0, 0.1) is 0 Å². The van der Waals surface area contributed by atoms with Crippen molar-refractivity contribution in [1.82, 2.24) is 14.1 Å². The third-order valence-electron chi connectivity index (χ3n) is 5.28. The van der Waals surface area contributed by atoms with E-state index in [1.165, 1.54) is 13.0 Å². The van der Waals surface area contributed by atoms with Gasteiger partial charge in [0.2, 0.25) is 5.95 Å². The second-order valence-corrected chi connectivity index (χ2v) is 8.10. The Kier molecular flexibility index (Phi) is 8.44. The van der Waals surface area contributed by atoms with E-state index in [9.17, 15) is 35.9 Å². The molecule has 6 nitrogen and oxygen atoms in total. The maximum absolute atomic E-state index is 13.3. The largest absolute Gasteiger partial charge is 0.416 e. The lowest BCUT2D eigenvalue weighted by atomic mass is 10.2. The lowest BCUT2D eigenvalue weighted by molar-refractivity contribution is -0.137. The van der Waals surface area contributed by atoms with Crippen LogP contribution >= 0.6 is 0 Å². The third-order valence-corrected chi connectivity index (χ3v) is 5.28. The van der Waals surface area contributed by atoms with Crippen LogP contribution in [-0.2, 0) is 19.3 Å². The fourth-order valence-corrected chi connectivity index (χ4v) is 3.39. The first-order chi connectivity index (χ1) is 17.8. The summed E-state index contributed by atoms with van der Waals surface area (Å²) >= 11 is 0. The highest BCUT2D eigenvalue weighted by Crippen LogP contribution is 2.31. The minimum Gasteiger partial charge on any atom is -0.325 e. The Labute approximate surface area is 212 Å². The number of halogens is 6. The van der Waals surface area contributed by atoms with Crippen molar-refractivity contribution in [3.8, 4) is 0 Å². The molecule has 0 saturated heterocycles. The fourth-order valence-electron chi connectivity index (χ4n) is 3.39. The molecule has 200 valence electrons. The topological polar surface area (TPSA) is 68.9 Å². The summed E-state index contributed by atoms with van der Waals surface area (Å²) in [4.78, 5) is 29.9. The van der Waals surface area contributed by atoms with E-state index in [4.69, 9.17) is 0 Å². The molecule has 38 heavy (non-hydrogen) atoms. The zero-order valence-electron chi connectivity index (χ0n) is 20.0. The maximum Gasteiger partial charge on any atom is 0.416 e. The molecule has 0 amide bonds. The van der Waals surface area contributed by atoms with Gasteiger partial charge < -0.3 is 5.32 Å². The number of hydrogen-bond acceptors (Lipinski definition) is 4. The molecule has 1 aromatic heterocycles. The predicted molar refractivity (Wildman–Crippen MR) is 131 cm³/mol. The van der Waals surface area contributed by atoms with Crippen LogP contribution in [0.4, 0.5) is 38.0 Å². The van der Waals surface area contributed by atoms with Gasteiger partial charge in [0.05, 0.1) is 24.2 Å². The van der Waals surface area contributed by atoms with Gasteiger partial charge in [-0.15, -0.1) is 0 Å². The Morgan fingerprint density at radius 3 is 2.26 bits per heavy atom. The number of hydrogen-bond donors (Lipinski definition) is 1. The summed E-state index contributed by atoms with van der Waals surface area (Å²) in [5.41, 5.74) is -3.27. The Bertz CT molecular complexity index is 1480. The Morgan fingerprint density at radius 1 is 0.974 bits per heavy atom. The molecule has 0 bridgehead atoms. The van der Waals surface area contributed by atoms with Crippen LogP contribution < -0.4 is 16.7 Å². The van der Waals surface area contributed by atoms with Gasteiger partial charge >= 0.3 is 23.7 Å². The molecule has 12 heteroatoms. The normalized spacial score (nSPS) is 12.7. The van der Waals surface area contributed by atoms with E-state index < -0.39 is 47.4 Å². The van der Waals surface area contributed by atoms with Crippen LogP contribution in [0.25, 0.3) is 0 Å². The van der Waals surface area contributed by atoms with Crippen molar-refractivity contribution in [2.45, 2.75) is 32.4 Å². The van der Waals surface area contributed by atoms with Gasteiger partial charge in [0.1, 0.15) is 0 Å². The number of rotatable bonds is 8. The molecule has 2 aromatic carbocycles. The van der Waals surface area contributed by atoms with Gasteiger partial charge in [0, 0.05) is 5.69 Å². The van der Waals surface area contributed by atoms with Crippen LogP contribution in [-0.4, -0.2) is 20.3 Å². The number of aromatic nitrogens is 3. The Morgan fingerprint density at radius 2 is 1.66 bits per heavy atom. The van der Waals surface area contributed by atoms with Crippen LogP contribution in [0.1, 0.15) is 18.1 Å². The average molecular weight is 536 g/mol. The first-order valence-electron chi connectivity index (χ1n) is 11.1. The first kappa shape index (κ1) is 28.2. The molecule has 0 aliphatic rings. The van der Waals surface area contributed by atoms with Gasteiger partial charge in [-0.05, 0) is 36.3 Å². The molecule has 1 heterocycles. The van der Waals surface area contributed by atoms with E-state index >= 15 is 0 Å². The van der Waals surface area contributed by atoms with Crippen LogP contribution in [0.3, 0.4) is 0 Å². The lowest BCUT2D eigenvalue weighted by Gasteiger charge is -2.16. The standard InChI is InChI=1S/C26H22F6N4O2/c1-3-19(25(27,28)29)13-12-17(2)15-35-22(33-21-11-7-10-20(14-21)26(30,31)32)34-23(37)36(24(35)38)16-18-8-5-4-6-9-18/h3-14H,2,15-16H2,1H3,(H,33,34,37)/b13-12-,19-3+. The molecule has 3 aromatic rings. The van der Waals surface area contributed by atoms with Gasteiger partial charge in [-0.2, -0.15) is 31.3 Å². The number of nitrogens with zero attached hydrogens (tertiary/aromatic N) is 3. The van der Waals surface area contributed by atoms with Crippen LogP contribution in [0.5, 0.6) is 0 Å². The lowest BCUT2D eigenvalue weighted by Crippen LogP contribution is -2.43. The van der Waals surface area contributed by atoms with E-state index in [1.807, 2.05) is 0 Å². The summed E-state index contributed by atoms with van der Waals surface area (Å²) in [5.74, 6) is -0.403.